The molecule has 1 atom stereocenters. The Morgan fingerprint density at radius 3 is 2.85 bits per heavy atom. The van der Waals surface area contributed by atoms with Crippen molar-refractivity contribution >= 4 is 17.2 Å². The van der Waals surface area contributed by atoms with Gasteiger partial charge in [-0.25, -0.2) is 0 Å². The number of rotatable bonds is 4. The van der Waals surface area contributed by atoms with Gasteiger partial charge in [-0.05, 0) is 5.56 Å². The summed E-state index contributed by atoms with van der Waals surface area (Å²) in [5, 5.41) is 8.09. The van der Waals surface area contributed by atoms with E-state index in [1.165, 1.54) is 5.56 Å². The van der Waals surface area contributed by atoms with Crippen LogP contribution >= 0.6 is 12.2 Å². The van der Waals surface area contributed by atoms with E-state index in [2.05, 4.69) is 31.8 Å². The molecule has 5 nitrogen and oxygen atoms in total. The van der Waals surface area contributed by atoms with Gasteiger partial charge >= 0.3 is 0 Å². The first-order chi connectivity index (χ1) is 9.74. The molecule has 0 fully saturated rings. The fourth-order valence-corrected chi connectivity index (χ4v) is 2.79. The van der Waals surface area contributed by atoms with Gasteiger partial charge in [0.1, 0.15) is 12.2 Å². The van der Waals surface area contributed by atoms with Crippen molar-refractivity contribution in [2.24, 2.45) is 5.73 Å². The van der Waals surface area contributed by atoms with Gasteiger partial charge in [0.25, 0.3) is 0 Å². The molecule has 1 aromatic carbocycles. The van der Waals surface area contributed by atoms with Gasteiger partial charge in [-0.2, -0.15) is 0 Å². The Labute approximate surface area is 123 Å². The van der Waals surface area contributed by atoms with Crippen LogP contribution in [0.2, 0.25) is 0 Å². The molecule has 104 valence electrons. The van der Waals surface area contributed by atoms with Gasteiger partial charge in [-0.3, -0.25) is 4.90 Å². The van der Waals surface area contributed by atoms with Crippen LogP contribution in [0.3, 0.4) is 0 Å². The van der Waals surface area contributed by atoms with Crippen molar-refractivity contribution in [1.29, 1.82) is 0 Å². The van der Waals surface area contributed by atoms with Gasteiger partial charge in [-0.15, -0.1) is 10.2 Å². The normalized spacial score (nSPS) is 16.6. The van der Waals surface area contributed by atoms with Crippen LogP contribution in [-0.2, 0) is 13.1 Å². The van der Waals surface area contributed by atoms with E-state index in [0.29, 0.717) is 4.99 Å². The van der Waals surface area contributed by atoms with Crippen LogP contribution in [0.5, 0.6) is 0 Å². The Balaban J connectivity index is 1.74. The quantitative estimate of drug-likeness (QED) is 0.855. The number of thiocarbonyl (C=S) groups is 1. The molecule has 6 heteroatoms. The summed E-state index contributed by atoms with van der Waals surface area (Å²) < 4.78 is 2.09. The van der Waals surface area contributed by atoms with E-state index >= 15 is 0 Å². The maximum absolute atomic E-state index is 5.93. The molecule has 0 radical (unpaired) electrons. The van der Waals surface area contributed by atoms with Crippen LogP contribution in [0.4, 0.5) is 0 Å². The molecule has 2 aromatic rings. The lowest BCUT2D eigenvalue weighted by atomic mass is 9.98. The Morgan fingerprint density at radius 1 is 1.30 bits per heavy atom. The van der Waals surface area contributed by atoms with Crippen molar-refractivity contribution in [3.05, 3.63) is 48.0 Å². The van der Waals surface area contributed by atoms with E-state index in [-0.39, 0.29) is 5.92 Å². The second-order valence-electron chi connectivity index (χ2n) is 5.04. The first kappa shape index (κ1) is 13.2. The van der Waals surface area contributed by atoms with Crippen LogP contribution in [0.15, 0.2) is 36.7 Å². The third kappa shape index (κ3) is 2.71. The topological polar surface area (TPSA) is 60.0 Å². The molecular weight excluding hydrogens is 270 g/mol. The first-order valence-electron chi connectivity index (χ1n) is 6.67. The summed E-state index contributed by atoms with van der Waals surface area (Å²) in [4.78, 5) is 2.88. The van der Waals surface area contributed by atoms with Gasteiger partial charge in [0, 0.05) is 25.6 Å². The van der Waals surface area contributed by atoms with Crippen LogP contribution in [-0.4, -0.2) is 37.7 Å². The molecule has 0 spiro atoms. The van der Waals surface area contributed by atoms with Crippen molar-refractivity contribution in [2.75, 3.05) is 13.1 Å². The second kappa shape index (κ2) is 5.68. The number of hydrogen-bond donors (Lipinski definition) is 1. The fourth-order valence-electron chi connectivity index (χ4n) is 2.58. The highest BCUT2D eigenvalue weighted by Gasteiger charge is 2.23. The number of fused-ring (bicyclic) bond motifs is 1. The largest absolute Gasteiger partial charge is 0.393 e. The molecule has 2 N–H and O–H groups in total. The van der Waals surface area contributed by atoms with Gasteiger partial charge in [0.2, 0.25) is 0 Å². The molecule has 3 rings (SSSR count). The summed E-state index contributed by atoms with van der Waals surface area (Å²) in [6.45, 7) is 3.51. The first-order valence-corrected chi connectivity index (χ1v) is 7.08. The Hall–Kier alpha value is -1.79. The third-order valence-electron chi connectivity index (χ3n) is 3.70. The summed E-state index contributed by atoms with van der Waals surface area (Å²) in [6, 6.07) is 10.2. The zero-order valence-corrected chi connectivity index (χ0v) is 12.0. The van der Waals surface area contributed by atoms with Crippen molar-refractivity contribution in [2.45, 2.75) is 19.0 Å². The number of benzene rings is 1. The summed E-state index contributed by atoms with van der Waals surface area (Å²) >= 11 is 5.25. The van der Waals surface area contributed by atoms with Crippen LogP contribution in [0, 0.1) is 0 Å². The molecular formula is C14H17N5S. The lowest BCUT2D eigenvalue weighted by molar-refractivity contribution is 0.215. The lowest BCUT2D eigenvalue weighted by Crippen LogP contribution is -2.39. The maximum Gasteiger partial charge on any atom is 0.147 e. The number of nitrogens with zero attached hydrogens (tertiary/aromatic N) is 4. The molecule has 2 heterocycles. The minimum Gasteiger partial charge on any atom is -0.393 e. The van der Waals surface area contributed by atoms with Crippen LogP contribution in [0.25, 0.3) is 0 Å². The highest BCUT2D eigenvalue weighted by atomic mass is 32.1. The summed E-state index contributed by atoms with van der Waals surface area (Å²) in [7, 11) is 0. The van der Waals surface area contributed by atoms with E-state index in [0.717, 1.165) is 32.0 Å². The van der Waals surface area contributed by atoms with Gasteiger partial charge < -0.3 is 10.3 Å². The smallest absolute Gasteiger partial charge is 0.147 e. The van der Waals surface area contributed by atoms with Crippen molar-refractivity contribution < 1.29 is 0 Å². The summed E-state index contributed by atoms with van der Waals surface area (Å²) in [5.74, 6) is 1.09. The fraction of sp³-hybridized carbons (Fsp3) is 0.357. The average molecular weight is 287 g/mol. The predicted molar refractivity (Wildman–Crippen MR) is 81.3 cm³/mol. The van der Waals surface area contributed by atoms with Gasteiger partial charge in [0.05, 0.1) is 11.5 Å². The highest BCUT2D eigenvalue weighted by molar-refractivity contribution is 7.80. The van der Waals surface area contributed by atoms with Gasteiger partial charge in [0.15, 0.2) is 0 Å². The summed E-state index contributed by atoms with van der Waals surface area (Å²) in [5.41, 5.74) is 7.11. The van der Waals surface area contributed by atoms with Gasteiger partial charge in [-0.1, -0.05) is 42.5 Å². The monoisotopic (exact) mass is 287 g/mol. The molecule has 0 amide bonds. The average Bonchev–Trinajstić information content (AvgIpc) is 2.93. The zero-order chi connectivity index (χ0) is 13.9. The minimum absolute atomic E-state index is 0.0840. The van der Waals surface area contributed by atoms with Crippen molar-refractivity contribution in [1.82, 2.24) is 19.7 Å². The number of aromatic nitrogens is 3. The van der Waals surface area contributed by atoms with Crippen molar-refractivity contribution in [3.8, 4) is 0 Å². The highest BCUT2D eigenvalue weighted by Crippen LogP contribution is 2.20. The third-order valence-corrected chi connectivity index (χ3v) is 3.99. The lowest BCUT2D eigenvalue weighted by Gasteiger charge is -2.30. The number of nitrogens with two attached hydrogens (primary N) is 1. The zero-order valence-electron chi connectivity index (χ0n) is 11.1. The molecule has 1 aliphatic rings. The Morgan fingerprint density at radius 2 is 2.10 bits per heavy atom. The summed E-state index contributed by atoms with van der Waals surface area (Å²) in [6.07, 6.45) is 1.79. The second-order valence-corrected chi connectivity index (χ2v) is 5.51. The van der Waals surface area contributed by atoms with E-state index in [1.807, 2.05) is 18.2 Å². The minimum atomic E-state index is 0.0840. The van der Waals surface area contributed by atoms with Crippen LogP contribution < -0.4 is 5.73 Å². The standard InChI is InChI=1S/C14H17N5S/c15-14(20)12(11-4-2-1-3-5-11)8-18-6-7-19-10-16-17-13(19)9-18/h1-5,10,12H,6-9H2,(H2,15,20). The molecule has 0 aliphatic carbocycles. The van der Waals surface area contributed by atoms with Crippen LogP contribution in [0.1, 0.15) is 17.3 Å². The van der Waals surface area contributed by atoms with E-state index in [9.17, 15) is 0 Å². The SMILES string of the molecule is NC(=S)C(CN1CCn2cnnc2C1)c1ccccc1. The molecule has 1 unspecified atom stereocenters. The molecule has 0 saturated carbocycles. The molecule has 0 bridgehead atoms. The molecule has 0 saturated heterocycles. The van der Waals surface area contributed by atoms with Crippen molar-refractivity contribution in [3.63, 3.8) is 0 Å². The molecule has 1 aromatic heterocycles. The Bertz CT molecular complexity index is 595. The molecule has 20 heavy (non-hydrogen) atoms. The number of hydrogen-bond acceptors (Lipinski definition) is 4. The molecule has 1 aliphatic heterocycles. The predicted octanol–water partition coefficient (Wildman–Crippen LogP) is 1.16. The van der Waals surface area contributed by atoms with E-state index in [4.69, 9.17) is 18.0 Å². The maximum atomic E-state index is 5.93. The van der Waals surface area contributed by atoms with E-state index < -0.39 is 0 Å². The van der Waals surface area contributed by atoms with E-state index in [1.54, 1.807) is 6.33 Å². The Kier molecular flexibility index (Phi) is 3.75.